The van der Waals surface area contributed by atoms with Gasteiger partial charge in [-0.1, -0.05) is 19.3 Å². The molecule has 1 saturated carbocycles. The Bertz CT molecular complexity index is 1140. The number of pyridine rings is 1. The second-order valence-electron chi connectivity index (χ2n) is 10.5. The number of fused-ring (bicyclic) bond motifs is 4. The highest BCUT2D eigenvalue weighted by molar-refractivity contribution is 5.78. The molecule has 0 bridgehead atoms. The number of aromatic nitrogens is 4. The Morgan fingerprint density at radius 2 is 1.82 bits per heavy atom. The Morgan fingerprint density at radius 3 is 2.56 bits per heavy atom. The van der Waals surface area contributed by atoms with E-state index < -0.39 is 0 Å². The first-order valence-electron chi connectivity index (χ1n) is 12.9. The summed E-state index contributed by atoms with van der Waals surface area (Å²) >= 11 is 0. The van der Waals surface area contributed by atoms with Crippen molar-refractivity contribution in [3.05, 3.63) is 36.3 Å². The van der Waals surface area contributed by atoms with Gasteiger partial charge in [0.05, 0.1) is 17.4 Å². The van der Waals surface area contributed by atoms with Gasteiger partial charge in [0, 0.05) is 62.6 Å². The number of nitrogens with zero attached hydrogens (tertiary/aromatic N) is 6. The molecule has 3 aromatic heterocycles. The van der Waals surface area contributed by atoms with Gasteiger partial charge >= 0.3 is 0 Å². The lowest BCUT2D eigenvalue weighted by molar-refractivity contribution is 0.168. The minimum atomic E-state index is 0.151. The molecule has 34 heavy (non-hydrogen) atoms. The van der Waals surface area contributed by atoms with E-state index in [4.69, 9.17) is 4.98 Å². The quantitative estimate of drug-likeness (QED) is 0.612. The lowest BCUT2D eigenvalue weighted by atomic mass is 9.80. The van der Waals surface area contributed by atoms with Gasteiger partial charge < -0.3 is 20.1 Å². The van der Waals surface area contributed by atoms with Crippen molar-refractivity contribution >= 4 is 28.5 Å². The molecule has 2 fully saturated rings. The largest absolute Gasteiger partial charge is 0.368 e. The van der Waals surface area contributed by atoms with Crippen molar-refractivity contribution in [3.8, 4) is 0 Å². The summed E-state index contributed by atoms with van der Waals surface area (Å²) in [4.78, 5) is 19.2. The molecule has 0 unspecified atom stereocenters. The maximum Gasteiger partial charge on any atom is 0.230 e. The summed E-state index contributed by atoms with van der Waals surface area (Å²) in [7, 11) is 0. The molecule has 1 aliphatic carbocycles. The van der Waals surface area contributed by atoms with E-state index in [1.54, 1.807) is 0 Å². The third kappa shape index (κ3) is 3.92. The van der Waals surface area contributed by atoms with E-state index in [0.29, 0.717) is 12.0 Å². The molecule has 2 aliphatic heterocycles. The lowest BCUT2D eigenvalue weighted by Gasteiger charge is -2.43. The van der Waals surface area contributed by atoms with Crippen LogP contribution in [0.4, 0.5) is 17.5 Å². The summed E-state index contributed by atoms with van der Waals surface area (Å²) in [5.41, 5.74) is 3.71. The van der Waals surface area contributed by atoms with Crippen LogP contribution >= 0.6 is 0 Å². The van der Waals surface area contributed by atoms with Crippen molar-refractivity contribution in [1.29, 1.82) is 0 Å². The summed E-state index contributed by atoms with van der Waals surface area (Å²) in [5, 5.41) is 8.13. The molecule has 8 nitrogen and oxygen atoms in total. The number of hydrogen-bond donors (Lipinski definition) is 2. The lowest BCUT2D eigenvalue weighted by Crippen LogP contribution is -2.49. The summed E-state index contributed by atoms with van der Waals surface area (Å²) in [5.74, 6) is 1.40. The average Bonchev–Trinajstić information content (AvgIpc) is 3.25. The Hall–Kier alpha value is -2.71. The molecular weight excluding hydrogens is 424 g/mol. The zero-order chi connectivity index (χ0) is 23.1. The standard InChI is InChI=1S/C26H36N8/c1-19(2)32-10-12-33(13-11-32)21-6-7-23(28-17-21)30-25-29-15-20-14-22-16-27-18-26(8-4-3-5-9-26)34(22)24(20)31-25/h6-7,14-15,17,19,27H,3-5,8-13,16,18H2,1-2H3,(H,28,29,30,31). The summed E-state index contributed by atoms with van der Waals surface area (Å²) in [6.45, 7) is 10.8. The molecule has 8 heteroatoms. The number of anilines is 3. The third-order valence-corrected chi connectivity index (χ3v) is 8.03. The van der Waals surface area contributed by atoms with Crippen LogP contribution in [-0.2, 0) is 12.1 Å². The van der Waals surface area contributed by atoms with Gasteiger partial charge in [-0.3, -0.25) is 4.90 Å². The Morgan fingerprint density at radius 1 is 1.00 bits per heavy atom. The first-order valence-corrected chi connectivity index (χ1v) is 12.9. The molecule has 2 N–H and O–H groups in total. The van der Waals surface area contributed by atoms with Crippen LogP contribution in [-0.4, -0.2) is 63.2 Å². The van der Waals surface area contributed by atoms with Crippen molar-refractivity contribution in [2.75, 3.05) is 42.9 Å². The van der Waals surface area contributed by atoms with Gasteiger partial charge in [0.25, 0.3) is 0 Å². The predicted molar refractivity (Wildman–Crippen MR) is 137 cm³/mol. The monoisotopic (exact) mass is 460 g/mol. The Balaban J connectivity index is 1.21. The van der Waals surface area contributed by atoms with Crippen LogP contribution in [0.25, 0.3) is 11.0 Å². The molecule has 0 amide bonds. The van der Waals surface area contributed by atoms with Gasteiger partial charge in [-0.05, 0) is 44.9 Å². The number of piperazine rings is 1. The van der Waals surface area contributed by atoms with Gasteiger partial charge in [0.2, 0.25) is 5.95 Å². The second-order valence-corrected chi connectivity index (χ2v) is 10.5. The fourth-order valence-electron chi connectivity index (χ4n) is 6.13. The van der Waals surface area contributed by atoms with Crippen LogP contribution in [0.3, 0.4) is 0 Å². The van der Waals surface area contributed by atoms with Crippen LogP contribution in [0.5, 0.6) is 0 Å². The first-order chi connectivity index (χ1) is 16.6. The van der Waals surface area contributed by atoms with Crippen LogP contribution in [0.1, 0.15) is 51.6 Å². The van der Waals surface area contributed by atoms with Gasteiger partial charge in [-0.2, -0.15) is 4.98 Å². The minimum absolute atomic E-state index is 0.151. The zero-order valence-corrected chi connectivity index (χ0v) is 20.4. The summed E-state index contributed by atoms with van der Waals surface area (Å²) < 4.78 is 2.53. The van der Waals surface area contributed by atoms with Gasteiger partial charge in [0.1, 0.15) is 11.5 Å². The maximum absolute atomic E-state index is 4.99. The third-order valence-electron chi connectivity index (χ3n) is 8.03. The molecule has 0 radical (unpaired) electrons. The van der Waals surface area contributed by atoms with Crippen LogP contribution in [0.15, 0.2) is 30.6 Å². The van der Waals surface area contributed by atoms with E-state index in [-0.39, 0.29) is 5.54 Å². The van der Waals surface area contributed by atoms with Crippen molar-refractivity contribution in [2.45, 2.75) is 64.1 Å². The smallest absolute Gasteiger partial charge is 0.230 e. The molecule has 1 saturated heterocycles. The van der Waals surface area contributed by atoms with E-state index in [0.717, 1.165) is 56.1 Å². The Labute approximate surface area is 201 Å². The molecule has 0 atom stereocenters. The number of nitrogens with one attached hydrogen (secondary N) is 2. The average molecular weight is 461 g/mol. The van der Waals surface area contributed by atoms with E-state index in [1.165, 1.54) is 43.5 Å². The first kappa shape index (κ1) is 21.8. The predicted octanol–water partition coefficient (Wildman–Crippen LogP) is 3.86. The second kappa shape index (κ2) is 8.82. The minimum Gasteiger partial charge on any atom is -0.368 e. The topological polar surface area (TPSA) is 74.1 Å². The molecular formula is C26H36N8. The summed E-state index contributed by atoms with van der Waals surface area (Å²) in [6, 6.07) is 7.06. The van der Waals surface area contributed by atoms with Crippen molar-refractivity contribution < 1.29 is 0 Å². The van der Waals surface area contributed by atoms with Gasteiger partial charge in [-0.25, -0.2) is 9.97 Å². The van der Waals surface area contributed by atoms with Crippen molar-refractivity contribution in [2.24, 2.45) is 0 Å². The van der Waals surface area contributed by atoms with Crippen molar-refractivity contribution in [3.63, 3.8) is 0 Å². The molecule has 5 heterocycles. The molecule has 6 rings (SSSR count). The van der Waals surface area contributed by atoms with E-state index in [9.17, 15) is 0 Å². The normalized spacial score (nSPS) is 20.7. The SMILES string of the molecule is CC(C)N1CCN(c2ccc(Nc3ncc4cc5n(c4n3)C3(CCCCC3)CNC5)nc2)CC1. The molecule has 1 spiro atoms. The molecule has 0 aromatic carbocycles. The molecule has 3 aliphatic rings. The highest BCUT2D eigenvalue weighted by Crippen LogP contribution is 2.40. The van der Waals surface area contributed by atoms with Gasteiger partial charge in [0.15, 0.2) is 0 Å². The van der Waals surface area contributed by atoms with E-state index in [1.807, 2.05) is 18.5 Å². The number of hydrogen-bond acceptors (Lipinski definition) is 7. The fourth-order valence-corrected chi connectivity index (χ4v) is 6.13. The molecule has 180 valence electrons. The van der Waals surface area contributed by atoms with Crippen LogP contribution < -0.4 is 15.5 Å². The summed E-state index contributed by atoms with van der Waals surface area (Å²) in [6.07, 6.45) is 10.3. The zero-order valence-electron chi connectivity index (χ0n) is 20.4. The fraction of sp³-hybridized carbons (Fsp3) is 0.577. The Kier molecular flexibility index (Phi) is 5.65. The highest BCUT2D eigenvalue weighted by atomic mass is 15.3. The van der Waals surface area contributed by atoms with Gasteiger partial charge in [-0.15, -0.1) is 0 Å². The van der Waals surface area contributed by atoms with Crippen LogP contribution in [0.2, 0.25) is 0 Å². The van der Waals surface area contributed by atoms with Crippen molar-refractivity contribution in [1.82, 2.24) is 29.7 Å². The maximum atomic E-state index is 4.99. The van der Waals surface area contributed by atoms with Crippen LogP contribution in [0, 0.1) is 0 Å². The van der Waals surface area contributed by atoms with E-state index >= 15 is 0 Å². The van der Waals surface area contributed by atoms with E-state index in [2.05, 4.69) is 60.9 Å². The molecule has 3 aromatic rings. The highest BCUT2D eigenvalue weighted by Gasteiger charge is 2.38. The number of rotatable bonds is 4.